The van der Waals surface area contributed by atoms with E-state index in [1.807, 2.05) is 0 Å². The van der Waals surface area contributed by atoms with Crippen molar-refractivity contribution in [1.82, 2.24) is 4.98 Å². The number of hydrogen-bond acceptors (Lipinski definition) is 1. The summed E-state index contributed by atoms with van der Waals surface area (Å²) in [7, 11) is 0. The van der Waals surface area contributed by atoms with E-state index in [4.69, 9.17) is 4.98 Å². The maximum absolute atomic E-state index is 5.21. The Hall–Kier alpha value is -6.83. The van der Waals surface area contributed by atoms with Gasteiger partial charge in [0.2, 0.25) is 0 Å². The molecule has 0 radical (unpaired) electrons. The highest BCUT2D eigenvalue weighted by Gasteiger charge is 2.51. The number of nitrogens with zero attached hydrogens (tertiary/aromatic N) is 1. The minimum Gasteiger partial charge on any atom is -0.256 e. The number of benzene rings is 8. The van der Waals surface area contributed by atoms with Crippen LogP contribution in [0.5, 0.6) is 0 Å². The Morgan fingerprint density at radius 3 is 1.33 bits per heavy atom. The van der Waals surface area contributed by atoms with Gasteiger partial charge >= 0.3 is 0 Å². The summed E-state index contributed by atoms with van der Waals surface area (Å²) in [6.45, 7) is 8.72. The number of aryl methyl sites for hydroxylation is 4. The average Bonchev–Trinajstić information content (AvgIpc) is 3.68. The van der Waals surface area contributed by atoms with E-state index in [1.54, 1.807) is 0 Å². The van der Waals surface area contributed by atoms with Crippen LogP contribution in [0.3, 0.4) is 0 Å². The molecule has 0 aliphatic heterocycles. The molecule has 11 rings (SSSR count). The van der Waals surface area contributed by atoms with Gasteiger partial charge in [-0.25, -0.2) is 0 Å². The van der Waals surface area contributed by atoms with E-state index >= 15 is 0 Å². The van der Waals surface area contributed by atoms with Crippen molar-refractivity contribution in [2.24, 2.45) is 0 Å². The quantitative estimate of drug-likeness (QED) is 0.176. The number of rotatable bonds is 4. The van der Waals surface area contributed by atoms with Crippen molar-refractivity contribution in [1.29, 1.82) is 0 Å². The van der Waals surface area contributed by atoms with Gasteiger partial charge in [-0.1, -0.05) is 150 Å². The van der Waals surface area contributed by atoms with Gasteiger partial charge in [-0.05, 0) is 153 Å². The topological polar surface area (TPSA) is 12.9 Å². The van der Waals surface area contributed by atoms with Gasteiger partial charge in [0.1, 0.15) is 0 Å². The fourth-order valence-electron chi connectivity index (χ4n) is 10.1. The number of pyridine rings is 1. The fourth-order valence-corrected chi connectivity index (χ4v) is 10.1. The Kier molecular flexibility index (Phi) is 7.40. The van der Waals surface area contributed by atoms with Gasteiger partial charge in [-0.15, -0.1) is 0 Å². The standard InChI is InChI=1S/C56H41N/c1-34-21-35(2)24-42(23-34)45-27-44(28-46(29-45)43-25-36(3)22-37(4)26-43)41-18-20-55(57-33-41)40-17-19-49-50-30-38-11-5-6-12-39(38)31-54(50)56(53(49)32-40)51-15-9-7-13-47(51)48-14-8-10-16-52(48)56/h5-33H,1-4H3. The zero-order chi connectivity index (χ0) is 38.4. The Bertz CT molecular complexity index is 2950. The molecule has 0 bridgehead atoms. The monoisotopic (exact) mass is 727 g/mol. The molecule has 0 N–H and O–H groups in total. The molecule has 0 unspecified atom stereocenters. The third-order valence-electron chi connectivity index (χ3n) is 12.4. The van der Waals surface area contributed by atoms with Gasteiger partial charge in [0.15, 0.2) is 0 Å². The summed E-state index contributed by atoms with van der Waals surface area (Å²) < 4.78 is 0. The van der Waals surface area contributed by atoms with Crippen LogP contribution in [0, 0.1) is 27.7 Å². The van der Waals surface area contributed by atoms with Crippen LogP contribution in [-0.2, 0) is 5.41 Å². The first kappa shape index (κ1) is 33.5. The molecule has 9 aromatic rings. The summed E-state index contributed by atoms with van der Waals surface area (Å²) in [4.78, 5) is 5.21. The van der Waals surface area contributed by atoms with Crippen LogP contribution in [0.1, 0.15) is 44.5 Å². The van der Waals surface area contributed by atoms with E-state index in [0.29, 0.717) is 0 Å². The second-order valence-electron chi connectivity index (χ2n) is 16.3. The summed E-state index contributed by atoms with van der Waals surface area (Å²) in [5.41, 5.74) is 24.5. The Morgan fingerprint density at radius 1 is 0.316 bits per heavy atom. The van der Waals surface area contributed by atoms with Crippen LogP contribution in [0.25, 0.3) is 77.7 Å². The molecule has 2 aliphatic carbocycles. The lowest BCUT2D eigenvalue weighted by Gasteiger charge is -2.31. The van der Waals surface area contributed by atoms with E-state index in [-0.39, 0.29) is 0 Å². The largest absolute Gasteiger partial charge is 0.256 e. The number of hydrogen-bond donors (Lipinski definition) is 0. The van der Waals surface area contributed by atoms with Crippen molar-refractivity contribution in [3.8, 4) is 66.9 Å². The molecule has 0 amide bonds. The molecule has 57 heavy (non-hydrogen) atoms. The minimum atomic E-state index is -0.420. The van der Waals surface area contributed by atoms with Crippen LogP contribution in [-0.4, -0.2) is 4.98 Å². The Balaban J connectivity index is 1.06. The molecule has 0 fully saturated rings. The number of aromatic nitrogens is 1. The first-order valence-electron chi connectivity index (χ1n) is 20.0. The molecule has 2 aliphatic rings. The third kappa shape index (κ3) is 5.19. The summed E-state index contributed by atoms with van der Waals surface area (Å²) in [6.07, 6.45) is 2.06. The highest BCUT2D eigenvalue weighted by molar-refractivity contribution is 6.00. The van der Waals surface area contributed by atoms with Crippen LogP contribution >= 0.6 is 0 Å². The van der Waals surface area contributed by atoms with Crippen molar-refractivity contribution in [3.63, 3.8) is 0 Å². The summed E-state index contributed by atoms with van der Waals surface area (Å²) in [6, 6.07) is 63.8. The Labute approximate surface area is 335 Å². The predicted octanol–water partition coefficient (Wildman–Crippen LogP) is 14.5. The molecule has 1 heteroatoms. The van der Waals surface area contributed by atoms with Crippen molar-refractivity contribution in [3.05, 3.63) is 221 Å². The summed E-state index contributed by atoms with van der Waals surface area (Å²) in [5.74, 6) is 0. The molecule has 1 spiro atoms. The molecule has 1 nitrogen and oxygen atoms in total. The van der Waals surface area contributed by atoms with Crippen LogP contribution in [0.2, 0.25) is 0 Å². The molecular formula is C56H41N. The molecule has 0 atom stereocenters. The smallest absolute Gasteiger partial charge is 0.0725 e. The predicted molar refractivity (Wildman–Crippen MR) is 239 cm³/mol. The highest BCUT2D eigenvalue weighted by atomic mass is 14.7. The van der Waals surface area contributed by atoms with E-state index in [1.165, 1.54) is 99.8 Å². The van der Waals surface area contributed by atoms with E-state index in [9.17, 15) is 0 Å². The zero-order valence-corrected chi connectivity index (χ0v) is 32.7. The summed E-state index contributed by atoms with van der Waals surface area (Å²) in [5, 5.41) is 2.53. The second kappa shape index (κ2) is 12.6. The maximum Gasteiger partial charge on any atom is 0.0725 e. The van der Waals surface area contributed by atoms with Gasteiger partial charge in [0.25, 0.3) is 0 Å². The number of fused-ring (bicyclic) bond motifs is 11. The molecule has 0 saturated carbocycles. The van der Waals surface area contributed by atoms with Gasteiger partial charge in [-0.2, -0.15) is 0 Å². The highest BCUT2D eigenvalue weighted by Crippen LogP contribution is 2.63. The SMILES string of the molecule is Cc1cc(C)cc(-c2cc(-c3ccc(-c4ccc5c(c4)C4(c6ccccc6-c6ccccc64)c4cc6ccccc6cc4-5)nc3)cc(-c3cc(C)cc(C)c3)c2)c1. The molecular weight excluding hydrogens is 687 g/mol. The normalized spacial score (nSPS) is 13.1. The molecule has 1 heterocycles. The lowest BCUT2D eigenvalue weighted by molar-refractivity contribution is 0.795. The Morgan fingerprint density at radius 2 is 0.772 bits per heavy atom. The van der Waals surface area contributed by atoms with Crippen LogP contribution in [0.15, 0.2) is 176 Å². The first-order chi connectivity index (χ1) is 27.8. The summed E-state index contributed by atoms with van der Waals surface area (Å²) >= 11 is 0. The van der Waals surface area contributed by atoms with Gasteiger partial charge in [-0.3, -0.25) is 4.98 Å². The van der Waals surface area contributed by atoms with Crippen molar-refractivity contribution in [2.75, 3.05) is 0 Å². The first-order valence-corrected chi connectivity index (χ1v) is 20.0. The fraction of sp³-hybridized carbons (Fsp3) is 0.0893. The minimum absolute atomic E-state index is 0.420. The van der Waals surface area contributed by atoms with Gasteiger partial charge in [0.05, 0.1) is 11.1 Å². The van der Waals surface area contributed by atoms with Crippen LogP contribution in [0.4, 0.5) is 0 Å². The molecule has 0 saturated heterocycles. The average molecular weight is 728 g/mol. The van der Waals surface area contributed by atoms with Gasteiger partial charge < -0.3 is 0 Å². The van der Waals surface area contributed by atoms with E-state index < -0.39 is 5.41 Å². The van der Waals surface area contributed by atoms with Crippen LogP contribution < -0.4 is 0 Å². The van der Waals surface area contributed by atoms with E-state index in [0.717, 1.165) is 22.4 Å². The third-order valence-corrected chi connectivity index (χ3v) is 12.4. The van der Waals surface area contributed by atoms with Crippen molar-refractivity contribution >= 4 is 10.8 Å². The molecule has 270 valence electrons. The maximum atomic E-state index is 5.21. The zero-order valence-electron chi connectivity index (χ0n) is 32.7. The lowest BCUT2D eigenvalue weighted by Crippen LogP contribution is -2.25. The van der Waals surface area contributed by atoms with Gasteiger partial charge in [0, 0.05) is 17.3 Å². The second-order valence-corrected chi connectivity index (χ2v) is 16.3. The molecule has 1 aromatic heterocycles. The lowest BCUT2D eigenvalue weighted by atomic mass is 9.70. The van der Waals surface area contributed by atoms with Crippen molar-refractivity contribution < 1.29 is 0 Å². The van der Waals surface area contributed by atoms with E-state index in [2.05, 4.69) is 204 Å². The molecule has 8 aromatic carbocycles. The van der Waals surface area contributed by atoms with Crippen molar-refractivity contribution in [2.45, 2.75) is 33.1 Å².